The Balaban J connectivity index is 2.26. The van der Waals surface area contributed by atoms with Crippen molar-refractivity contribution in [2.45, 2.75) is 30.8 Å². The lowest BCUT2D eigenvalue weighted by molar-refractivity contribution is -0.384. The van der Waals surface area contributed by atoms with Crippen molar-refractivity contribution in [3.8, 4) is 0 Å². The van der Waals surface area contributed by atoms with E-state index >= 15 is 0 Å². The summed E-state index contributed by atoms with van der Waals surface area (Å²) in [5.41, 5.74) is -1.41. The van der Waals surface area contributed by atoms with Crippen molar-refractivity contribution in [3.63, 3.8) is 0 Å². The predicted molar refractivity (Wildman–Crippen MR) is 72.0 cm³/mol. The van der Waals surface area contributed by atoms with Crippen molar-refractivity contribution in [2.75, 3.05) is 11.1 Å². The summed E-state index contributed by atoms with van der Waals surface area (Å²) in [5.74, 6) is 0.791. The van der Waals surface area contributed by atoms with Gasteiger partial charge in [0, 0.05) is 23.1 Å². The maximum Gasteiger partial charge on any atom is 0.416 e. The van der Waals surface area contributed by atoms with Crippen LogP contribution in [-0.4, -0.2) is 22.0 Å². The van der Waals surface area contributed by atoms with Gasteiger partial charge in [-0.2, -0.15) is 24.9 Å². The Hall–Kier alpha value is -1.44. The van der Waals surface area contributed by atoms with Crippen LogP contribution in [-0.2, 0) is 6.18 Å². The summed E-state index contributed by atoms with van der Waals surface area (Å²) in [6.07, 6.45) is -3.75. The highest BCUT2D eigenvalue weighted by Gasteiger charge is 2.33. The van der Waals surface area contributed by atoms with Gasteiger partial charge in [-0.3, -0.25) is 10.1 Å². The van der Waals surface area contributed by atoms with Crippen LogP contribution in [0.5, 0.6) is 0 Å². The number of hydrogen-bond donors (Lipinski definition) is 1. The quantitative estimate of drug-likeness (QED) is 0.679. The van der Waals surface area contributed by atoms with E-state index in [0.717, 1.165) is 24.3 Å². The number of nitro groups is 1. The molecule has 2 rings (SSSR count). The van der Waals surface area contributed by atoms with Gasteiger partial charge >= 0.3 is 6.18 Å². The van der Waals surface area contributed by atoms with E-state index in [9.17, 15) is 23.3 Å². The number of nitrogens with one attached hydrogen (secondary N) is 1. The van der Waals surface area contributed by atoms with E-state index in [1.54, 1.807) is 11.8 Å². The highest BCUT2D eigenvalue weighted by Crippen LogP contribution is 2.36. The third kappa shape index (κ3) is 3.36. The number of thioether (sulfide) groups is 1. The lowest BCUT2D eigenvalue weighted by Crippen LogP contribution is -2.20. The zero-order valence-electron chi connectivity index (χ0n) is 10.6. The Labute approximate surface area is 117 Å². The van der Waals surface area contributed by atoms with Crippen molar-refractivity contribution in [1.82, 2.24) is 0 Å². The molecule has 0 bridgehead atoms. The molecule has 1 N–H and O–H groups in total. The van der Waals surface area contributed by atoms with E-state index < -0.39 is 22.4 Å². The molecule has 0 amide bonds. The Kier molecular flexibility index (Phi) is 4.12. The van der Waals surface area contributed by atoms with Crippen molar-refractivity contribution in [1.29, 1.82) is 0 Å². The molecule has 8 heteroatoms. The Bertz CT molecular complexity index is 522. The van der Waals surface area contributed by atoms with E-state index in [2.05, 4.69) is 5.32 Å². The fraction of sp³-hybridized carbons (Fsp3) is 0.500. The maximum atomic E-state index is 12.6. The second-order valence-electron chi connectivity index (χ2n) is 4.71. The minimum atomic E-state index is -4.58. The number of anilines is 1. The summed E-state index contributed by atoms with van der Waals surface area (Å²) < 4.78 is 37.7. The number of rotatable bonds is 3. The van der Waals surface area contributed by atoms with E-state index in [1.165, 1.54) is 0 Å². The van der Waals surface area contributed by atoms with Gasteiger partial charge in [0.05, 0.1) is 10.5 Å². The highest BCUT2D eigenvalue weighted by molar-refractivity contribution is 8.00. The van der Waals surface area contributed by atoms with Crippen LogP contribution < -0.4 is 5.32 Å². The number of benzene rings is 1. The maximum absolute atomic E-state index is 12.6. The SMILES string of the molecule is CC1CC(Nc2ccc(C(F)(F)F)cc2[N+](=O)[O-])CS1. The first-order valence-corrected chi connectivity index (χ1v) is 7.06. The van der Waals surface area contributed by atoms with Gasteiger partial charge in [0.1, 0.15) is 5.69 Å². The Morgan fingerprint density at radius 3 is 2.65 bits per heavy atom. The summed E-state index contributed by atoms with van der Waals surface area (Å²) in [5, 5.41) is 14.3. The second kappa shape index (κ2) is 5.51. The molecule has 2 unspecified atom stereocenters. The molecular weight excluding hydrogens is 293 g/mol. The molecule has 1 saturated heterocycles. The normalized spacial score (nSPS) is 22.8. The largest absolute Gasteiger partial charge is 0.416 e. The van der Waals surface area contributed by atoms with Crippen LogP contribution in [0, 0.1) is 10.1 Å². The lowest BCUT2D eigenvalue weighted by Gasteiger charge is -2.14. The van der Waals surface area contributed by atoms with E-state index in [4.69, 9.17) is 0 Å². The third-order valence-electron chi connectivity index (χ3n) is 3.08. The number of nitrogens with zero attached hydrogens (tertiary/aromatic N) is 1. The summed E-state index contributed by atoms with van der Waals surface area (Å²) >= 11 is 1.73. The van der Waals surface area contributed by atoms with Gasteiger partial charge in [-0.05, 0) is 18.6 Å². The number of nitro benzene ring substituents is 1. The summed E-state index contributed by atoms with van der Waals surface area (Å²) in [4.78, 5) is 10.1. The van der Waals surface area contributed by atoms with E-state index in [-0.39, 0.29) is 11.7 Å². The van der Waals surface area contributed by atoms with Gasteiger partial charge in [0.25, 0.3) is 5.69 Å². The Morgan fingerprint density at radius 2 is 2.15 bits per heavy atom. The first kappa shape index (κ1) is 15.0. The lowest BCUT2D eigenvalue weighted by atomic mass is 10.1. The molecule has 4 nitrogen and oxygen atoms in total. The minimum absolute atomic E-state index is 0.0467. The third-order valence-corrected chi connectivity index (χ3v) is 4.44. The van der Waals surface area contributed by atoms with Crippen molar-refractivity contribution >= 4 is 23.1 Å². The monoisotopic (exact) mass is 306 g/mol. The van der Waals surface area contributed by atoms with Gasteiger partial charge < -0.3 is 5.32 Å². The molecular formula is C12H13F3N2O2S. The summed E-state index contributed by atoms with van der Waals surface area (Å²) in [7, 11) is 0. The average Bonchev–Trinajstić information content (AvgIpc) is 2.73. The van der Waals surface area contributed by atoms with Gasteiger partial charge in [-0.1, -0.05) is 6.92 Å². The molecule has 0 spiro atoms. The molecule has 1 aromatic carbocycles. The molecule has 1 aromatic rings. The van der Waals surface area contributed by atoms with Crippen LogP contribution in [0.15, 0.2) is 18.2 Å². The van der Waals surface area contributed by atoms with Crippen LogP contribution in [0.1, 0.15) is 18.9 Å². The summed E-state index contributed by atoms with van der Waals surface area (Å²) in [6, 6.07) is 2.62. The molecule has 0 saturated carbocycles. The molecule has 0 radical (unpaired) electrons. The number of hydrogen-bond acceptors (Lipinski definition) is 4. The van der Waals surface area contributed by atoms with Gasteiger partial charge in [0.2, 0.25) is 0 Å². The van der Waals surface area contributed by atoms with Gasteiger partial charge in [-0.25, -0.2) is 0 Å². The number of halogens is 3. The topological polar surface area (TPSA) is 55.2 Å². The van der Waals surface area contributed by atoms with Crippen LogP contribution >= 0.6 is 11.8 Å². The second-order valence-corrected chi connectivity index (χ2v) is 6.18. The van der Waals surface area contributed by atoms with Crippen LogP contribution in [0.2, 0.25) is 0 Å². The fourth-order valence-corrected chi connectivity index (χ4v) is 3.27. The Morgan fingerprint density at radius 1 is 1.45 bits per heavy atom. The molecule has 1 heterocycles. The molecule has 110 valence electrons. The van der Waals surface area contributed by atoms with Crippen LogP contribution in [0.25, 0.3) is 0 Å². The van der Waals surface area contributed by atoms with Crippen molar-refractivity contribution in [2.24, 2.45) is 0 Å². The molecule has 2 atom stereocenters. The zero-order chi connectivity index (χ0) is 14.9. The first-order valence-electron chi connectivity index (χ1n) is 6.01. The standard InChI is InChI=1S/C12H13F3N2O2S/c1-7-4-9(6-20-7)16-10-3-2-8(12(13,14)15)5-11(10)17(18)19/h2-3,5,7,9,16H,4,6H2,1H3. The molecule has 0 aliphatic carbocycles. The van der Waals surface area contributed by atoms with Crippen LogP contribution in [0.4, 0.5) is 24.5 Å². The van der Waals surface area contributed by atoms with Crippen LogP contribution in [0.3, 0.4) is 0 Å². The molecule has 20 heavy (non-hydrogen) atoms. The van der Waals surface area contributed by atoms with Crippen molar-refractivity contribution in [3.05, 3.63) is 33.9 Å². The molecule has 1 aliphatic rings. The first-order chi connectivity index (χ1) is 9.27. The molecule has 1 fully saturated rings. The van der Waals surface area contributed by atoms with Crippen molar-refractivity contribution < 1.29 is 18.1 Å². The van der Waals surface area contributed by atoms with E-state index in [0.29, 0.717) is 11.3 Å². The fourth-order valence-electron chi connectivity index (χ4n) is 2.12. The number of alkyl halides is 3. The predicted octanol–water partition coefficient (Wildman–Crippen LogP) is 3.92. The van der Waals surface area contributed by atoms with Gasteiger partial charge in [-0.15, -0.1) is 0 Å². The summed E-state index contributed by atoms with van der Waals surface area (Å²) in [6.45, 7) is 2.05. The average molecular weight is 306 g/mol. The van der Waals surface area contributed by atoms with E-state index in [1.807, 2.05) is 6.92 Å². The highest BCUT2D eigenvalue weighted by atomic mass is 32.2. The zero-order valence-corrected chi connectivity index (χ0v) is 11.4. The molecule has 0 aromatic heterocycles. The minimum Gasteiger partial charge on any atom is -0.376 e. The van der Waals surface area contributed by atoms with Gasteiger partial charge in [0.15, 0.2) is 0 Å². The smallest absolute Gasteiger partial charge is 0.376 e. The molecule has 1 aliphatic heterocycles.